The van der Waals surface area contributed by atoms with Crippen LogP contribution >= 0.6 is 0 Å². The third-order valence-corrected chi connectivity index (χ3v) is 6.78. The zero-order valence-corrected chi connectivity index (χ0v) is 18.9. The van der Waals surface area contributed by atoms with E-state index in [0.29, 0.717) is 11.5 Å². The number of hydrogen-bond acceptors (Lipinski definition) is 5. The Hall–Kier alpha value is -2.70. The van der Waals surface area contributed by atoms with Crippen LogP contribution in [-0.2, 0) is 20.8 Å². The first-order valence-corrected chi connectivity index (χ1v) is 11.4. The van der Waals surface area contributed by atoms with Gasteiger partial charge in [0.05, 0.1) is 12.7 Å². The van der Waals surface area contributed by atoms with Crippen molar-refractivity contribution in [3.05, 3.63) is 71.3 Å². The molecule has 2 fully saturated rings. The topological polar surface area (TPSA) is 59.1 Å². The molecule has 2 saturated heterocycles. The lowest BCUT2D eigenvalue weighted by Gasteiger charge is -2.48. The molecule has 4 rings (SSSR count). The molecule has 32 heavy (non-hydrogen) atoms. The van der Waals surface area contributed by atoms with Crippen LogP contribution in [0.5, 0.6) is 0 Å². The number of ether oxygens (including phenoxy) is 2. The van der Waals surface area contributed by atoms with Gasteiger partial charge in [0.2, 0.25) is 0 Å². The number of benzene rings is 2. The van der Waals surface area contributed by atoms with Crippen LogP contribution in [0, 0.1) is 5.92 Å². The predicted molar refractivity (Wildman–Crippen MR) is 122 cm³/mol. The summed E-state index contributed by atoms with van der Waals surface area (Å²) in [5.74, 6) is 0.249. The molecule has 0 N–H and O–H groups in total. The normalized spacial score (nSPS) is 22.1. The SMILES string of the molecule is COC(=O)c1ccc(CN2CC[C@H]3[C@H](CCCN3C(=O)C(OC)c3ccccc3)C2)cc1. The van der Waals surface area contributed by atoms with Crippen LogP contribution in [0.1, 0.15) is 46.9 Å². The average Bonchev–Trinajstić information content (AvgIpc) is 2.84. The number of carbonyl (C=O) groups is 2. The number of nitrogens with zero attached hydrogens (tertiary/aromatic N) is 2. The van der Waals surface area contributed by atoms with Crippen molar-refractivity contribution in [1.82, 2.24) is 9.80 Å². The Morgan fingerprint density at radius 1 is 1.00 bits per heavy atom. The van der Waals surface area contributed by atoms with E-state index in [1.807, 2.05) is 54.6 Å². The lowest BCUT2D eigenvalue weighted by molar-refractivity contribution is -0.149. The molecule has 0 spiro atoms. The van der Waals surface area contributed by atoms with Gasteiger partial charge in [-0.05, 0) is 48.4 Å². The molecule has 0 aliphatic carbocycles. The second-order valence-corrected chi connectivity index (χ2v) is 8.74. The zero-order valence-electron chi connectivity index (χ0n) is 18.9. The Bertz CT molecular complexity index is 915. The van der Waals surface area contributed by atoms with Gasteiger partial charge in [0, 0.05) is 39.3 Å². The van der Waals surface area contributed by atoms with Crippen molar-refractivity contribution >= 4 is 11.9 Å². The van der Waals surface area contributed by atoms with Gasteiger partial charge in [0.25, 0.3) is 5.91 Å². The fourth-order valence-corrected chi connectivity index (χ4v) is 5.18. The minimum absolute atomic E-state index is 0.0836. The summed E-state index contributed by atoms with van der Waals surface area (Å²) in [6.07, 6.45) is 2.61. The molecule has 6 nitrogen and oxygen atoms in total. The van der Waals surface area contributed by atoms with E-state index < -0.39 is 6.10 Å². The van der Waals surface area contributed by atoms with Crippen molar-refractivity contribution in [2.24, 2.45) is 5.92 Å². The van der Waals surface area contributed by atoms with Gasteiger partial charge in [-0.2, -0.15) is 0 Å². The molecule has 2 heterocycles. The minimum Gasteiger partial charge on any atom is -0.465 e. The molecule has 1 unspecified atom stereocenters. The van der Waals surface area contributed by atoms with E-state index in [4.69, 9.17) is 9.47 Å². The summed E-state index contributed by atoms with van der Waals surface area (Å²) in [5, 5.41) is 0. The van der Waals surface area contributed by atoms with Gasteiger partial charge < -0.3 is 14.4 Å². The van der Waals surface area contributed by atoms with Crippen LogP contribution in [0.15, 0.2) is 54.6 Å². The Balaban J connectivity index is 1.39. The molecule has 6 heteroatoms. The van der Waals surface area contributed by atoms with E-state index in [2.05, 4.69) is 9.80 Å². The summed E-state index contributed by atoms with van der Waals surface area (Å²) in [7, 11) is 3.01. The monoisotopic (exact) mass is 436 g/mol. The van der Waals surface area contributed by atoms with Gasteiger partial charge in [0.15, 0.2) is 6.10 Å². The van der Waals surface area contributed by atoms with Gasteiger partial charge in [-0.1, -0.05) is 42.5 Å². The van der Waals surface area contributed by atoms with E-state index in [1.165, 1.54) is 12.7 Å². The zero-order chi connectivity index (χ0) is 22.5. The Labute approximate surface area is 190 Å². The summed E-state index contributed by atoms with van der Waals surface area (Å²) in [4.78, 5) is 29.6. The van der Waals surface area contributed by atoms with Crippen LogP contribution in [0.25, 0.3) is 0 Å². The summed E-state index contributed by atoms with van der Waals surface area (Å²) in [6.45, 7) is 3.59. The van der Waals surface area contributed by atoms with Crippen molar-refractivity contribution < 1.29 is 19.1 Å². The number of rotatable bonds is 6. The van der Waals surface area contributed by atoms with Crippen LogP contribution in [-0.4, -0.2) is 61.6 Å². The third-order valence-electron chi connectivity index (χ3n) is 6.78. The number of esters is 1. The van der Waals surface area contributed by atoms with Crippen molar-refractivity contribution in [3.63, 3.8) is 0 Å². The van der Waals surface area contributed by atoms with Gasteiger partial charge in [-0.25, -0.2) is 4.79 Å². The Morgan fingerprint density at radius 3 is 2.44 bits per heavy atom. The molecule has 170 valence electrons. The van der Waals surface area contributed by atoms with E-state index in [0.717, 1.165) is 51.0 Å². The molecule has 2 aromatic rings. The molecule has 2 aliphatic rings. The second-order valence-electron chi connectivity index (χ2n) is 8.74. The third kappa shape index (κ3) is 4.87. The standard InChI is InChI=1S/C26H32N2O4/c1-31-24(20-7-4-3-5-8-20)25(29)28-15-6-9-22-18-27(16-14-23(22)28)17-19-10-12-21(13-11-19)26(30)32-2/h3-5,7-8,10-13,22-24H,6,9,14-18H2,1-2H3/t22-,23+,24?/m1/s1. The van der Waals surface area contributed by atoms with E-state index in [1.54, 1.807) is 7.11 Å². The first-order chi connectivity index (χ1) is 15.6. The molecule has 2 aliphatic heterocycles. The lowest BCUT2D eigenvalue weighted by Crippen LogP contribution is -2.56. The maximum absolute atomic E-state index is 13.4. The van der Waals surface area contributed by atoms with Crippen LogP contribution in [0.2, 0.25) is 0 Å². The average molecular weight is 437 g/mol. The highest BCUT2D eigenvalue weighted by atomic mass is 16.5. The molecular weight excluding hydrogens is 404 g/mol. The number of likely N-dealkylation sites (tertiary alicyclic amines) is 2. The fourth-order valence-electron chi connectivity index (χ4n) is 5.18. The van der Waals surface area contributed by atoms with Crippen LogP contribution in [0.3, 0.4) is 0 Å². The number of methoxy groups -OCH3 is 2. The van der Waals surface area contributed by atoms with Gasteiger partial charge in [0.1, 0.15) is 0 Å². The first kappa shape index (κ1) is 22.5. The molecule has 2 aromatic carbocycles. The van der Waals surface area contributed by atoms with Crippen molar-refractivity contribution in [2.75, 3.05) is 33.9 Å². The number of fused-ring (bicyclic) bond motifs is 1. The molecule has 0 radical (unpaired) electrons. The van der Waals surface area contributed by atoms with Gasteiger partial charge in [-0.15, -0.1) is 0 Å². The lowest BCUT2D eigenvalue weighted by atomic mass is 9.83. The molecular formula is C26H32N2O4. The molecule has 0 aromatic heterocycles. The van der Waals surface area contributed by atoms with Crippen molar-refractivity contribution in [3.8, 4) is 0 Å². The quantitative estimate of drug-likeness (QED) is 0.647. The second kappa shape index (κ2) is 10.3. The van der Waals surface area contributed by atoms with Gasteiger partial charge >= 0.3 is 5.97 Å². The minimum atomic E-state index is -0.540. The van der Waals surface area contributed by atoms with E-state index in [9.17, 15) is 9.59 Å². The molecule has 0 saturated carbocycles. The Kier molecular flexibility index (Phi) is 7.22. The van der Waals surface area contributed by atoms with Crippen LogP contribution in [0.4, 0.5) is 0 Å². The number of amides is 1. The number of piperidine rings is 2. The first-order valence-electron chi connectivity index (χ1n) is 11.4. The highest BCUT2D eigenvalue weighted by Gasteiger charge is 2.40. The highest BCUT2D eigenvalue weighted by Crippen LogP contribution is 2.33. The van der Waals surface area contributed by atoms with Crippen LogP contribution < -0.4 is 0 Å². The highest BCUT2D eigenvalue weighted by molar-refractivity contribution is 5.89. The van der Waals surface area contributed by atoms with E-state index in [-0.39, 0.29) is 17.9 Å². The largest absolute Gasteiger partial charge is 0.465 e. The maximum atomic E-state index is 13.4. The van der Waals surface area contributed by atoms with Crippen molar-refractivity contribution in [1.29, 1.82) is 0 Å². The Morgan fingerprint density at radius 2 is 1.75 bits per heavy atom. The van der Waals surface area contributed by atoms with E-state index >= 15 is 0 Å². The number of carbonyl (C=O) groups excluding carboxylic acids is 2. The van der Waals surface area contributed by atoms with Gasteiger partial charge in [-0.3, -0.25) is 9.69 Å². The summed E-state index contributed by atoms with van der Waals surface area (Å²) in [5.41, 5.74) is 2.67. The number of hydrogen-bond donors (Lipinski definition) is 0. The predicted octanol–water partition coefficient (Wildman–Crippen LogP) is 3.67. The summed E-state index contributed by atoms with van der Waals surface area (Å²) >= 11 is 0. The fraction of sp³-hybridized carbons (Fsp3) is 0.462. The summed E-state index contributed by atoms with van der Waals surface area (Å²) < 4.78 is 10.4. The van der Waals surface area contributed by atoms with Crippen molar-refractivity contribution in [2.45, 2.75) is 38.0 Å². The molecule has 1 amide bonds. The molecule has 3 atom stereocenters. The molecule has 0 bridgehead atoms. The maximum Gasteiger partial charge on any atom is 0.337 e. The summed E-state index contributed by atoms with van der Waals surface area (Å²) in [6, 6.07) is 17.7. The smallest absolute Gasteiger partial charge is 0.337 e.